The van der Waals surface area contributed by atoms with Crippen LogP contribution in [0.5, 0.6) is 5.75 Å². The Labute approximate surface area is 114 Å². The van der Waals surface area contributed by atoms with E-state index in [4.69, 9.17) is 4.52 Å². The van der Waals surface area contributed by atoms with Gasteiger partial charge in [0.05, 0.1) is 0 Å². The largest absolute Gasteiger partial charge is 0.470 e. The topological polar surface area (TPSA) is 43.4 Å². The fraction of sp³-hybridized carbons (Fsp3) is 0. The summed E-state index contributed by atoms with van der Waals surface area (Å²) >= 11 is 1.58. The number of rotatable bonds is 3. The number of hydrogen-bond donors (Lipinski definition) is 0. The molecule has 0 aliphatic rings. The van der Waals surface area contributed by atoms with E-state index in [2.05, 4.69) is 0 Å². The van der Waals surface area contributed by atoms with Crippen LogP contribution in [0.1, 0.15) is 0 Å². The van der Waals surface area contributed by atoms with Crippen molar-refractivity contribution in [1.82, 2.24) is 0 Å². The van der Waals surface area contributed by atoms with E-state index in [-0.39, 0.29) is 14.2 Å². The van der Waals surface area contributed by atoms with E-state index < -0.39 is 0 Å². The molecule has 3 rings (SSSR count). The minimum Gasteiger partial charge on any atom is -0.470 e. The molecule has 0 radical (unpaired) electrons. The minimum atomic E-state index is -0.238. The number of fused-ring (bicyclic) bond motifs is 2. The Hall–Kier alpha value is -1.77. The number of carbonyl (C=O) groups excluding carboxylic acids is 1. The Bertz CT molecular complexity index is 826. The molecule has 0 aliphatic carbocycles. The van der Waals surface area contributed by atoms with Gasteiger partial charge in [-0.05, 0) is 30.3 Å². The molecule has 1 aromatic heterocycles. The van der Waals surface area contributed by atoms with E-state index >= 15 is 0 Å². The van der Waals surface area contributed by atoms with Crippen molar-refractivity contribution in [2.45, 2.75) is 0 Å². The standard InChI is InChI=1S/C14H9O3PS/c15-8-18-17-9-5-6-13-11(7-9)14(16)10-3-1-2-4-12(10)19-13/h1-8,18H. The van der Waals surface area contributed by atoms with Crippen molar-refractivity contribution < 1.29 is 9.32 Å². The quantitative estimate of drug-likeness (QED) is 0.420. The molecule has 3 nitrogen and oxygen atoms in total. The molecule has 1 unspecified atom stereocenters. The third kappa shape index (κ3) is 2.25. The molecule has 0 amide bonds. The van der Waals surface area contributed by atoms with Crippen molar-refractivity contribution in [3.05, 3.63) is 52.7 Å². The molecular weight excluding hydrogens is 279 g/mol. The minimum absolute atomic E-state index is 0.00392. The monoisotopic (exact) mass is 288 g/mol. The lowest BCUT2D eigenvalue weighted by Crippen LogP contribution is -2.00. The van der Waals surface area contributed by atoms with Crippen LogP contribution in [0.2, 0.25) is 0 Å². The maximum atomic E-state index is 12.4. The smallest absolute Gasteiger partial charge is 0.196 e. The Morgan fingerprint density at radius 2 is 1.84 bits per heavy atom. The van der Waals surface area contributed by atoms with Crippen LogP contribution in [-0.4, -0.2) is 6.03 Å². The van der Waals surface area contributed by atoms with E-state index in [0.717, 1.165) is 14.8 Å². The summed E-state index contributed by atoms with van der Waals surface area (Å²) in [5, 5.41) is 1.35. The van der Waals surface area contributed by atoms with Gasteiger partial charge < -0.3 is 4.52 Å². The molecule has 0 saturated carbocycles. The highest BCUT2D eigenvalue weighted by molar-refractivity contribution is 7.50. The van der Waals surface area contributed by atoms with Gasteiger partial charge >= 0.3 is 0 Å². The van der Waals surface area contributed by atoms with Gasteiger partial charge in [-0.1, -0.05) is 12.1 Å². The van der Waals surface area contributed by atoms with Crippen molar-refractivity contribution in [1.29, 1.82) is 0 Å². The first kappa shape index (κ1) is 12.3. The second-order valence-electron chi connectivity index (χ2n) is 3.92. The molecule has 0 aliphatic heterocycles. The number of carbonyl (C=O) groups is 1. The van der Waals surface area contributed by atoms with E-state index in [1.807, 2.05) is 30.3 Å². The van der Waals surface area contributed by atoms with Crippen molar-refractivity contribution in [3.63, 3.8) is 0 Å². The molecular formula is C14H9O3PS. The highest BCUT2D eigenvalue weighted by atomic mass is 32.1. The van der Waals surface area contributed by atoms with Crippen LogP contribution in [-0.2, 0) is 4.79 Å². The van der Waals surface area contributed by atoms with E-state index in [1.54, 1.807) is 23.5 Å². The van der Waals surface area contributed by atoms with Crippen molar-refractivity contribution in [3.8, 4) is 5.75 Å². The van der Waals surface area contributed by atoms with Gasteiger partial charge in [-0.15, -0.1) is 11.3 Å². The summed E-state index contributed by atoms with van der Waals surface area (Å²) < 4.78 is 7.15. The fourth-order valence-corrected chi connectivity index (χ4v) is 3.30. The molecule has 1 heterocycles. The Morgan fingerprint density at radius 3 is 2.68 bits per heavy atom. The summed E-state index contributed by atoms with van der Waals surface area (Å²) in [6.45, 7) is 0. The third-order valence-electron chi connectivity index (χ3n) is 2.77. The van der Waals surface area contributed by atoms with Gasteiger partial charge in [0.15, 0.2) is 11.5 Å². The van der Waals surface area contributed by atoms with Crippen LogP contribution in [0.25, 0.3) is 20.2 Å². The zero-order chi connectivity index (χ0) is 13.2. The maximum Gasteiger partial charge on any atom is 0.196 e. The van der Waals surface area contributed by atoms with Crippen molar-refractivity contribution in [2.75, 3.05) is 0 Å². The summed E-state index contributed by atoms with van der Waals surface area (Å²) in [7, 11) is -0.238. The predicted molar refractivity (Wildman–Crippen MR) is 81.3 cm³/mol. The van der Waals surface area contributed by atoms with Gasteiger partial charge in [0.2, 0.25) is 0 Å². The lowest BCUT2D eigenvalue weighted by atomic mass is 10.2. The van der Waals surface area contributed by atoms with Gasteiger partial charge in [-0.2, -0.15) is 0 Å². The Kier molecular flexibility index (Phi) is 3.28. The van der Waals surface area contributed by atoms with Crippen molar-refractivity contribution >= 4 is 46.3 Å². The van der Waals surface area contributed by atoms with Crippen LogP contribution < -0.4 is 9.95 Å². The van der Waals surface area contributed by atoms with Crippen LogP contribution >= 0.6 is 20.1 Å². The molecule has 1 atom stereocenters. The molecule has 5 heteroatoms. The zero-order valence-corrected chi connectivity index (χ0v) is 11.6. The fourth-order valence-electron chi connectivity index (χ4n) is 1.94. The molecule has 0 saturated heterocycles. The van der Waals surface area contributed by atoms with Crippen LogP contribution in [0.3, 0.4) is 0 Å². The van der Waals surface area contributed by atoms with Gasteiger partial charge in [0.25, 0.3) is 0 Å². The molecule has 0 bridgehead atoms. The number of hydrogen-bond acceptors (Lipinski definition) is 4. The molecule has 0 N–H and O–H groups in total. The SMILES string of the molecule is O=CPOc1ccc2sc3ccccc3c(=O)c2c1. The van der Waals surface area contributed by atoms with Gasteiger partial charge in [0.1, 0.15) is 14.6 Å². The maximum absolute atomic E-state index is 12.4. The lowest BCUT2D eigenvalue weighted by molar-refractivity contribution is 0.563. The zero-order valence-electron chi connectivity index (χ0n) is 9.75. The first-order chi connectivity index (χ1) is 9.29. The van der Waals surface area contributed by atoms with Gasteiger partial charge in [-0.3, -0.25) is 9.59 Å². The van der Waals surface area contributed by atoms with E-state index in [0.29, 0.717) is 17.2 Å². The van der Waals surface area contributed by atoms with Crippen LogP contribution in [0, 0.1) is 0 Å². The first-order valence-corrected chi connectivity index (χ1v) is 7.41. The van der Waals surface area contributed by atoms with E-state index in [1.165, 1.54) is 0 Å². The van der Waals surface area contributed by atoms with Gasteiger partial charge in [-0.25, -0.2) is 0 Å². The summed E-state index contributed by atoms with van der Waals surface area (Å²) in [6, 6.07) is 13.6. The Morgan fingerprint density at radius 1 is 1.05 bits per heavy atom. The lowest BCUT2D eigenvalue weighted by Gasteiger charge is -2.04. The Balaban J connectivity index is 2.27. The molecule has 3 aromatic rings. The number of benzene rings is 2. The highest BCUT2D eigenvalue weighted by Gasteiger charge is 2.06. The molecule has 94 valence electrons. The highest BCUT2D eigenvalue weighted by Crippen LogP contribution is 2.28. The molecule has 19 heavy (non-hydrogen) atoms. The van der Waals surface area contributed by atoms with Gasteiger partial charge in [0, 0.05) is 20.2 Å². The summed E-state index contributed by atoms with van der Waals surface area (Å²) in [6.07, 6.45) is 0. The molecule has 0 fully saturated rings. The average molecular weight is 288 g/mol. The molecule has 0 spiro atoms. The normalized spacial score (nSPS) is 11.4. The summed E-state index contributed by atoms with van der Waals surface area (Å²) in [5.74, 6) is 0.553. The van der Waals surface area contributed by atoms with Crippen LogP contribution in [0.4, 0.5) is 0 Å². The second kappa shape index (κ2) is 5.08. The third-order valence-corrected chi connectivity index (χ3v) is 4.37. The van der Waals surface area contributed by atoms with Crippen molar-refractivity contribution in [2.24, 2.45) is 0 Å². The predicted octanol–water partition coefficient (Wildman–Crippen LogP) is 3.58. The summed E-state index contributed by atoms with van der Waals surface area (Å²) in [5.41, 5.74) is 0.00392. The summed E-state index contributed by atoms with van der Waals surface area (Å²) in [4.78, 5) is 22.7. The average Bonchev–Trinajstić information content (AvgIpc) is 2.46. The van der Waals surface area contributed by atoms with Crippen LogP contribution in [0.15, 0.2) is 47.3 Å². The second-order valence-corrected chi connectivity index (χ2v) is 5.68. The first-order valence-electron chi connectivity index (χ1n) is 5.61. The molecule has 2 aromatic carbocycles. The van der Waals surface area contributed by atoms with E-state index in [9.17, 15) is 9.59 Å².